The zero-order chi connectivity index (χ0) is 61.5. The molecule has 10 N–H and O–H groups in total. The van der Waals surface area contributed by atoms with Gasteiger partial charge in [0.05, 0.1) is 31.9 Å². The number of ether oxygens (including phenoxy) is 2. The number of methoxy groups -OCH3 is 1. The Kier molecular flexibility index (Phi) is 25.7. The van der Waals surface area contributed by atoms with E-state index in [1.807, 2.05) is 0 Å². The van der Waals surface area contributed by atoms with Crippen molar-refractivity contribution in [2.24, 2.45) is 21.5 Å². The first kappa shape index (κ1) is 66.5. The average Bonchev–Trinajstić information content (AvgIpc) is 4.44. The van der Waals surface area contributed by atoms with Crippen molar-refractivity contribution in [2.45, 2.75) is 173 Å². The fourth-order valence-electron chi connectivity index (χ4n) is 10.2. The van der Waals surface area contributed by atoms with Gasteiger partial charge in [0.1, 0.15) is 47.9 Å². The number of hydrogen-bond donors (Lipinski definition) is 8. The molecule has 84 heavy (non-hydrogen) atoms. The molecule has 460 valence electrons. The van der Waals surface area contributed by atoms with Crippen LogP contribution in [0.2, 0.25) is 0 Å². The molecule has 0 spiro atoms. The number of amides is 10. The first-order valence-electron chi connectivity index (χ1n) is 28.9. The van der Waals surface area contributed by atoms with Crippen LogP contribution in [0.1, 0.15) is 123 Å². The van der Waals surface area contributed by atoms with Crippen molar-refractivity contribution in [3.05, 3.63) is 71.8 Å². The van der Waals surface area contributed by atoms with Gasteiger partial charge in [0, 0.05) is 39.1 Å². The molecule has 3 aliphatic rings. The predicted molar refractivity (Wildman–Crippen MR) is 312 cm³/mol. The molecule has 0 aromatic heterocycles. The lowest BCUT2D eigenvalue weighted by molar-refractivity contribution is -0.147. The molecule has 7 atom stereocenters. The number of nitrogens with zero attached hydrogens (tertiary/aromatic N) is 6. The van der Waals surface area contributed by atoms with Crippen LogP contribution in [-0.2, 0) is 60.8 Å². The number of amidine groups is 2. The lowest BCUT2D eigenvalue weighted by Crippen LogP contribution is -2.60. The highest BCUT2D eigenvalue weighted by atomic mass is 16.6. The summed E-state index contributed by atoms with van der Waals surface area (Å²) < 4.78 is 10.4. The lowest BCUT2D eigenvalue weighted by atomic mass is 10.0. The summed E-state index contributed by atoms with van der Waals surface area (Å²) in [7, 11) is 1.19. The molecule has 10 amide bonds. The van der Waals surface area contributed by atoms with Gasteiger partial charge in [0.25, 0.3) is 5.91 Å². The van der Waals surface area contributed by atoms with Gasteiger partial charge in [-0.25, -0.2) is 19.4 Å². The van der Waals surface area contributed by atoms with Crippen LogP contribution in [0.4, 0.5) is 9.59 Å². The normalized spacial score (nSPS) is 18.6. The Bertz CT molecular complexity index is 2660. The van der Waals surface area contributed by atoms with Crippen LogP contribution in [0.5, 0.6) is 0 Å². The van der Waals surface area contributed by atoms with E-state index < -0.39 is 114 Å². The number of benzene rings is 2. The zero-order valence-corrected chi connectivity index (χ0v) is 49.5. The van der Waals surface area contributed by atoms with Gasteiger partial charge in [0.15, 0.2) is 0 Å². The number of hydrogen-bond acceptors (Lipinski definition) is 14. The van der Waals surface area contributed by atoms with E-state index in [9.17, 15) is 47.9 Å². The van der Waals surface area contributed by atoms with E-state index in [-0.39, 0.29) is 58.3 Å². The molecule has 26 heteroatoms. The summed E-state index contributed by atoms with van der Waals surface area (Å²) in [4.78, 5) is 151. The Balaban J connectivity index is 1.23. The summed E-state index contributed by atoms with van der Waals surface area (Å²) in [6.07, 6.45) is 2.75. The van der Waals surface area contributed by atoms with Crippen LogP contribution in [-0.4, -0.2) is 185 Å². The molecule has 3 aliphatic heterocycles. The number of carbonyl (C=O) groups excluding carboxylic acids is 10. The quantitative estimate of drug-likeness (QED) is 0.0219. The second-order valence-corrected chi connectivity index (χ2v) is 22.2. The third-order valence-electron chi connectivity index (χ3n) is 14.3. The number of urea groups is 1. The fraction of sp³-hybridized carbons (Fsp3) is 0.586. The number of aliphatic imine (C=N–C) groups is 2. The zero-order valence-electron chi connectivity index (χ0n) is 49.5. The first-order chi connectivity index (χ1) is 40.0. The van der Waals surface area contributed by atoms with Crippen LogP contribution in [0.15, 0.2) is 70.6 Å². The molecular formula is C58H86N14O12. The summed E-state index contributed by atoms with van der Waals surface area (Å²) >= 11 is 0. The number of esters is 1. The highest BCUT2D eigenvalue weighted by Crippen LogP contribution is 2.27. The number of likely N-dealkylation sites (tertiary alicyclic amines) is 3. The highest BCUT2D eigenvalue weighted by molar-refractivity contribution is 5.97. The van der Waals surface area contributed by atoms with Crippen molar-refractivity contribution in [2.75, 3.05) is 46.4 Å². The molecule has 3 fully saturated rings. The maximum Gasteiger partial charge on any atom is 0.408 e. The third kappa shape index (κ3) is 20.5. The van der Waals surface area contributed by atoms with Gasteiger partial charge in [-0.2, -0.15) is 0 Å². The van der Waals surface area contributed by atoms with Gasteiger partial charge in [0.2, 0.25) is 35.4 Å². The second-order valence-electron chi connectivity index (χ2n) is 22.2. The maximum atomic E-state index is 14.4. The van der Waals surface area contributed by atoms with E-state index in [4.69, 9.17) is 20.9 Å². The third-order valence-corrected chi connectivity index (χ3v) is 14.3. The lowest BCUT2D eigenvalue weighted by Gasteiger charge is -2.33. The molecule has 26 nitrogen and oxygen atoms in total. The van der Waals surface area contributed by atoms with Crippen LogP contribution in [0.3, 0.4) is 0 Å². The van der Waals surface area contributed by atoms with Crippen molar-refractivity contribution in [1.82, 2.24) is 51.7 Å². The minimum atomic E-state index is -1.24. The van der Waals surface area contributed by atoms with Crippen LogP contribution < -0.4 is 43.5 Å². The van der Waals surface area contributed by atoms with Crippen LogP contribution in [0.25, 0.3) is 0 Å². The van der Waals surface area contributed by atoms with Crippen LogP contribution in [0, 0.1) is 0 Å². The summed E-state index contributed by atoms with van der Waals surface area (Å²) in [5.74, 6) is -4.15. The smallest absolute Gasteiger partial charge is 0.408 e. The van der Waals surface area contributed by atoms with E-state index >= 15 is 0 Å². The van der Waals surface area contributed by atoms with Gasteiger partial charge < -0.3 is 62.2 Å². The van der Waals surface area contributed by atoms with E-state index in [2.05, 4.69) is 42.0 Å². The minimum Gasteiger partial charge on any atom is -0.467 e. The molecule has 3 saturated heterocycles. The Hall–Kier alpha value is -8.32. The van der Waals surface area contributed by atoms with Crippen molar-refractivity contribution < 1.29 is 57.4 Å². The molecule has 0 bridgehead atoms. The number of nitrogens with one attached hydrogen (secondary N) is 6. The van der Waals surface area contributed by atoms with Crippen LogP contribution >= 0.6 is 0 Å². The molecule has 0 radical (unpaired) electrons. The largest absolute Gasteiger partial charge is 0.467 e. The summed E-state index contributed by atoms with van der Waals surface area (Å²) in [6, 6.07) is 9.44. The minimum absolute atomic E-state index is 0.000157. The Labute approximate surface area is 491 Å². The first-order valence-corrected chi connectivity index (χ1v) is 28.9. The van der Waals surface area contributed by atoms with Crippen molar-refractivity contribution in [3.8, 4) is 0 Å². The molecule has 5 rings (SSSR count). The molecule has 0 aliphatic carbocycles. The second kappa shape index (κ2) is 32.5. The molecule has 3 heterocycles. The number of nitrogens with two attached hydrogens (primary N) is 2. The van der Waals surface area contributed by atoms with Gasteiger partial charge in [-0.3, -0.25) is 49.0 Å². The Morgan fingerprint density at radius 1 is 0.655 bits per heavy atom. The molecule has 0 saturated carbocycles. The Morgan fingerprint density at radius 3 is 1.74 bits per heavy atom. The number of hydrazine groups is 1. The summed E-state index contributed by atoms with van der Waals surface area (Å²) in [6.45, 7) is 10.7. The fourth-order valence-corrected chi connectivity index (χ4v) is 10.2. The number of alkyl carbamates (subject to hydrolysis) is 1. The van der Waals surface area contributed by atoms with E-state index in [0.29, 0.717) is 80.8 Å². The molecular weight excluding hydrogens is 1080 g/mol. The Morgan fingerprint density at radius 2 is 1.18 bits per heavy atom. The topological polar surface area (TPSA) is 351 Å². The predicted octanol–water partition coefficient (Wildman–Crippen LogP) is 1.69. The standard InChI is InChI=1S/C58H86N14O12/c1-8-41(52(77)69-31-18-27-46(69)51(76)68-72(36-40-22-13-10-14-23-40)56(81)66-43(55(80)83-7)25-16-30-62-38(3)60)65-49(74)44(34-39-20-11-9-12-21-39)64-48(73)35-63-50(75)45-26-17-32-70(45)54(79)47-28-19-33-71(47)53(78)42(24-15-29-61-37(2)59)67-57(82)84-58(4,5)6/h9-14,20-23,41-47H,8,15-19,24-36H2,1-7H3,(H2,59,61)(H2,60,62)(H,63,75)(H,64,73)(H,65,74)(H,66,81)(H,67,82)(H,68,76)/t41-,42+,43+,44-,45+,46+,47+/m0/s1. The van der Waals surface area contributed by atoms with Gasteiger partial charge in [-0.15, -0.1) is 0 Å². The highest BCUT2D eigenvalue weighted by Gasteiger charge is 2.44. The van der Waals surface area contributed by atoms with Crippen molar-refractivity contribution in [1.29, 1.82) is 0 Å². The van der Waals surface area contributed by atoms with E-state index in [1.54, 1.807) is 102 Å². The molecule has 0 unspecified atom stereocenters. The maximum absolute atomic E-state index is 14.4. The summed E-state index contributed by atoms with van der Waals surface area (Å²) in [5.41, 5.74) is 14.5. The van der Waals surface area contributed by atoms with Gasteiger partial charge >= 0.3 is 18.1 Å². The van der Waals surface area contributed by atoms with Crippen molar-refractivity contribution in [3.63, 3.8) is 0 Å². The summed E-state index contributed by atoms with van der Waals surface area (Å²) in [5, 5.41) is 14.5. The van der Waals surface area contributed by atoms with Gasteiger partial charge in [-0.1, -0.05) is 67.6 Å². The number of rotatable bonds is 26. The van der Waals surface area contributed by atoms with Crippen molar-refractivity contribution >= 4 is 71.1 Å². The monoisotopic (exact) mass is 1170 g/mol. The SMILES string of the molecule is CC[C@H](NC(=O)[C@H](Cc1ccccc1)NC(=O)CNC(=O)[C@H]1CCCN1C(=O)[C@H]1CCCN1C(=O)[C@@H](CCCN=C(C)N)NC(=O)OC(C)(C)C)C(=O)N1CCC[C@@H]1C(=O)NN(Cc1ccccc1)C(=O)N[C@H](CCCN=C(C)N)C(=O)OC. The number of carbonyl (C=O) groups is 10. The molecule has 2 aromatic carbocycles. The average molecular weight is 1170 g/mol. The van der Waals surface area contributed by atoms with E-state index in [1.165, 1.54) is 21.8 Å². The van der Waals surface area contributed by atoms with Gasteiger partial charge in [-0.05, 0) is 116 Å². The van der Waals surface area contributed by atoms with E-state index in [0.717, 1.165) is 5.01 Å². The molecule has 2 aromatic rings.